The largest absolute Gasteiger partial charge is 0.465 e. The topological polar surface area (TPSA) is 87.5 Å². The second-order valence-corrected chi connectivity index (χ2v) is 7.66. The first-order chi connectivity index (χ1) is 11.5. The van der Waals surface area contributed by atoms with Gasteiger partial charge in [-0.05, 0) is 17.0 Å². The van der Waals surface area contributed by atoms with E-state index in [0.29, 0.717) is 0 Å². The molecule has 24 heavy (non-hydrogen) atoms. The van der Waals surface area contributed by atoms with Crippen LogP contribution in [0.3, 0.4) is 0 Å². The van der Waals surface area contributed by atoms with E-state index in [-0.39, 0.29) is 29.3 Å². The SMILES string of the molecule is COC(=O)c1sccc1S(=O)(=O)N(CCC#N)Cc1ccccc1. The molecule has 8 heteroatoms. The molecule has 0 aliphatic heterocycles. The van der Waals surface area contributed by atoms with Gasteiger partial charge >= 0.3 is 5.97 Å². The Balaban J connectivity index is 2.39. The van der Waals surface area contributed by atoms with Gasteiger partial charge in [-0.25, -0.2) is 13.2 Å². The van der Waals surface area contributed by atoms with E-state index in [1.54, 1.807) is 0 Å². The lowest BCUT2D eigenvalue weighted by atomic mass is 10.2. The summed E-state index contributed by atoms with van der Waals surface area (Å²) in [5.74, 6) is -0.691. The standard InChI is InChI=1S/C16H16N2O4S2/c1-22-16(19)15-14(8-11-23-15)24(20,21)18(10-5-9-17)12-13-6-3-2-4-7-13/h2-4,6-8,11H,5,10,12H2,1H3. The molecule has 0 bridgehead atoms. The van der Waals surface area contributed by atoms with Gasteiger partial charge in [0.25, 0.3) is 0 Å². The molecule has 0 radical (unpaired) electrons. The summed E-state index contributed by atoms with van der Waals surface area (Å²) in [7, 11) is -2.72. The van der Waals surface area contributed by atoms with Crippen LogP contribution in [-0.2, 0) is 21.3 Å². The van der Waals surface area contributed by atoms with Crippen molar-refractivity contribution in [2.75, 3.05) is 13.7 Å². The zero-order valence-electron chi connectivity index (χ0n) is 13.0. The smallest absolute Gasteiger partial charge is 0.349 e. The summed E-state index contributed by atoms with van der Waals surface area (Å²) in [6.45, 7) is 0.172. The maximum Gasteiger partial charge on any atom is 0.349 e. The molecule has 0 aliphatic rings. The number of esters is 1. The van der Waals surface area contributed by atoms with Crippen LogP contribution in [0.15, 0.2) is 46.7 Å². The van der Waals surface area contributed by atoms with Crippen LogP contribution in [0.25, 0.3) is 0 Å². The Morgan fingerprint density at radius 1 is 1.29 bits per heavy atom. The first-order valence-corrected chi connectivity index (χ1v) is 9.39. The first kappa shape index (κ1) is 18.1. The highest BCUT2D eigenvalue weighted by atomic mass is 32.2. The van der Waals surface area contributed by atoms with E-state index in [9.17, 15) is 13.2 Å². The van der Waals surface area contributed by atoms with Crippen LogP contribution in [0.5, 0.6) is 0 Å². The maximum atomic E-state index is 13.0. The van der Waals surface area contributed by atoms with Crippen molar-refractivity contribution in [3.05, 3.63) is 52.2 Å². The van der Waals surface area contributed by atoms with Crippen molar-refractivity contribution in [2.24, 2.45) is 0 Å². The highest BCUT2D eigenvalue weighted by Crippen LogP contribution is 2.27. The Morgan fingerprint density at radius 3 is 2.62 bits per heavy atom. The summed E-state index contributed by atoms with van der Waals surface area (Å²) in [5, 5.41) is 10.3. The maximum absolute atomic E-state index is 13.0. The molecule has 2 aromatic rings. The lowest BCUT2D eigenvalue weighted by molar-refractivity contribution is 0.0602. The fourth-order valence-electron chi connectivity index (χ4n) is 2.13. The van der Waals surface area contributed by atoms with Gasteiger partial charge in [-0.15, -0.1) is 11.3 Å². The van der Waals surface area contributed by atoms with Crippen molar-refractivity contribution >= 4 is 27.3 Å². The van der Waals surface area contributed by atoms with E-state index < -0.39 is 16.0 Å². The number of hydrogen-bond acceptors (Lipinski definition) is 6. The number of methoxy groups -OCH3 is 1. The summed E-state index contributed by atoms with van der Waals surface area (Å²) in [5.41, 5.74) is 0.800. The Morgan fingerprint density at radius 2 is 2.00 bits per heavy atom. The highest BCUT2D eigenvalue weighted by Gasteiger charge is 2.30. The summed E-state index contributed by atoms with van der Waals surface area (Å²) in [4.78, 5) is 11.7. The van der Waals surface area contributed by atoms with Gasteiger partial charge in [0.2, 0.25) is 10.0 Å². The van der Waals surface area contributed by atoms with E-state index in [2.05, 4.69) is 4.74 Å². The molecule has 0 aliphatic carbocycles. The second kappa shape index (κ2) is 8.06. The minimum absolute atomic E-state index is 0.0347. The summed E-state index contributed by atoms with van der Waals surface area (Å²) >= 11 is 1.01. The average Bonchev–Trinajstić information content (AvgIpc) is 3.09. The monoisotopic (exact) mass is 364 g/mol. The zero-order chi connectivity index (χ0) is 17.6. The number of hydrogen-bond donors (Lipinski definition) is 0. The van der Waals surface area contributed by atoms with Crippen molar-refractivity contribution in [1.29, 1.82) is 5.26 Å². The Hall–Kier alpha value is -2.21. The van der Waals surface area contributed by atoms with Crippen molar-refractivity contribution < 1.29 is 17.9 Å². The van der Waals surface area contributed by atoms with Gasteiger partial charge in [0, 0.05) is 19.5 Å². The molecule has 126 valence electrons. The van der Waals surface area contributed by atoms with Gasteiger partial charge < -0.3 is 4.74 Å². The van der Waals surface area contributed by atoms with Crippen LogP contribution in [0.4, 0.5) is 0 Å². The van der Waals surface area contributed by atoms with Crippen molar-refractivity contribution in [1.82, 2.24) is 4.31 Å². The van der Waals surface area contributed by atoms with Gasteiger partial charge in [-0.2, -0.15) is 9.57 Å². The number of carbonyl (C=O) groups is 1. The number of thiophene rings is 1. The van der Waals surface area contributed by atoms with E-state index >= 15 is 0 Å². The van der Waals surface area contributed by atoms with Crippen molar-refractivity contribution in [3.63, 3.8) is 0 Å². The Labute approximate surface area is 145 Å². The second-order valence-electron chi connectivity index (χ2n) is 4.84. The minimum atomic E-state index is -3.92. The molecule has 0 amide bonds. The van der Waals surface area contributed by atoms with Gasteiger partial charge in [0.15, 0.2) is 0 Å². The molecule has 0 fully saturated rings. The number of nitriles is 1. The molecule has 0 spiro atoms. The number of benzene rings is 1. The van der Waals surface area contributed by atoms with Crippen LogP contribution in [0.2, 0.25) is 0 Å². The molecule has 2 rings (SSSR count). The number of ether oxygens (including phenoxy) is 1. The molecule has 1 aromatic carbocycles. The van der Waals surface area contributed by atoms with Gasteiger partial charge in [0.05, 0.1) is 13.2 Å². The van der Waals surface area contributed by atoms with Gasteiger partial charge in [-0.3, -0.25) is 0 Å². The normalized spacial score (nSPS) is 11.2. The fraction of sp³-hybridized carbons (Fsp3) is 0.250. The number of rotatable bonds is 7. The van der Waals surface area contributed by atoms with Gasteiger partial charge in [0.1, 0.15) is 9.77 Å². The first-order valence-electron chi connectivity index (χ1n) is 7.07. The Kier molecular flexibility index (Phi) is 6.09. The van der Waals surface area contributed by atoms with Crippen LogP contribution < -0.4 is 0 Å². The molecule has 0 saturated heterocycles. The lowest BCUT2D eigenvalue weighted by Gasteiger charge is -2.21. The minimum Gasteiger partial charge on any atom is -0.465 e. The third-order valence-electron chi connectivity index (χ3n) is 3.29. The third kappa shape index (κ3) is 4.00. The number of sulfonamides is 1. The lowest BCUT2D eigenvalue weighted by Crippen LogP contribution is -2.32. The molecule has 1 aromatic heterocycles. The molecule has 1 heterocycles. The quantitative estimate of drug-likeness (QED) is 0.705. The van der Waals surface area contributed by atoms with Crippen LogP contribution in [-0.4, -0.2) is 32.3 Å². The van der Waals surface area contributed by atoms with Crippen molar-refractivity contribution in [3.8, 4) is 6.07 Å². The van der Waals surface area contributed by atoms with E-state index in [1.165, 1.54) is 22.9 Å². The molecular weight excluding hydrogens is 348 g/mol. The number of nitrogens with zero attached hydrogens (tertiary/aromatic N) is 2. The van der Waals surface area contributed by atoms with Gasteiger partial charge in [-0.1, -0.05) is 30.3 Å². The van der Waals surface area contributed by atoms with Crippen LogP contribution in [0, 0.1) is 11.3 Å². The predicted octanol–water partition coefficient (Wildman–Crippen LogP) is 2.64. The zero-order valence-corrected chi connectivity index (χ0v) is 14.6. The van der Waals surface area contributed by atoms with Crippen molar-refractivity contribution in [2.45, 2.75) is 17.9 Å². The van der Waals surface area contributed by atoms with Crippen LogP contribution in [0.1, 0.15) is 21.7 Å². The number of carbonyl (C=O) groups excluding carboxylic acids is 1. The van der Waals surface area contributed by atoms with E-state index in [0.717, 1.165) is 16.9 Å². The molecule has 0 saturated carbocycles. The molecule has 0 unspecified atom stereocenters. The molecule has 0 atom stereocenters. The third-order valence-corrected chi connectivity index (χ3v) is 6.20. The highest BCUT2D eigenvalue weighted by molar-refractivity contribution is 7.89. The van der Waals surface area contributed by atoms with E-state index in [4.69, 9.17) is 5.26 Å². The average molecular weight is 364 g/mol. The van der Waals surface area contributed by atoms with E-state index in [1.807, 2.05) is 36.4 Å². The molecule has 0 N–H and O–H groups in total. The molecular formula is C16H16N2O4S2. The molecule has 6 nitrogen and oxygen atoms in total. The Bertz CT molecular complexity index is 838. The fourth-order valence-corrected chi connectivity index (χ4v) is 4.86. The summed E-state index contributed by atoms with van der Waals surface area (Å²) < 4.78 is 31.8. The summed E-state index contributed by atoms with van der Waals surface area (Å²) in [6, 6.07) is 12.4. The summed E-state index contributed by atoms with van der Waals surface area (Å²) in [6.07, 6.45) is 0.0593. The predicted molar refractivity (Wildman–Crippen MR) is 89.9 cm³/mol. The van der Waals surface area contributed by atoms with Crippen LogP contribution >= 0.6 is 11.3 Å².